The molecular weight excluding hydrogens is 402 g/mol. The molecule has 0 radical (unpaired) electrons. The Morgan fingerprint density at radius 3 is 2.60 bits per heavy atom. The summed E-state index contributed by atoms with van der Waals surface area (Å²) in [6.45, 7) is 0.537. The molecule has 0 bridgehead atoms. The van der Waals surface area contributed by atoms with Crippen molar-refractivity contribution in [3.05, 3.63) is 59.1 Å². The molecule has 8 heteroatoms. The van der Waals surface area contributed by atoms with Gasteiger partial charge in [-0.15, -0.1) is 11.3 Å². The van der Waals surface area contributed by atoms with Crippen LogP contribution in [0.3, 0.4) is 0 Å². The maximum Gasteiger partial charge on any atom is 0.226 e. The van der Waals surface area contributed by atoms with Crippen LogP contribution in [-0.4, -0.2) is 38.8 Å². The third-order valence-electron chi connectivity index (χ3n) is 4.45. The number of rotatable bonds is 10. The van der Waals surface area contributed by atoms with E-state index in [2.05, 4.69) is 15.6 Å². The van der Waals surface area contributed by atoms with E-state index < -0.39 is 0 Å². The lowest BCUT2D eigenvalue weighted by Gasteiger charge is -2.10. The van der Waals surface area contributed by atoms with Gasteiger partial charge in [-0.1, -0.05) is 18.2 Å². The van der Waals surface area contributed by atoms with E-state index in [9.17, 15) is 4.79 Å². The average Bonchev–Trinajstić information content (AvgIpc) is 3.20. The summed E-state index contributed by atoms with van der Waals surface area (Å²) in [5.41, 5.74) is 2.52. The van der Waals surface area contributed by atoms with Gasteiger partial charge in [-0.2, -0.15) is 0 Å². The molecule has 3 rings (SSSR count). The maximum atomic E-state index is 12.3. The molecule has 3 aromatic rings. The lowest BCUT2D eigenvalue weighted by Crippen LogP contribution is -2.27. The summed E-state index contributed by atoms with van der Waals surface area (Å²) < 4.78 is 16.0. The first-order valence-corrected chi connectivity index (χ1v) is 10.3. The van der Waals surface area contributed by atoms with Crippen LogP contribution in [0.2, 0.25) is 0 Å². The van der Waals surface area contributed by atoms with Gasteiger partial charge in [0.1, 0.15) is 17.2 Å². The van der Waals surface area contributed by atoms with E-state index in [0.717, 1.165) is 17.0 Å². The molecule has 1 heterocycles. The van der Waals surface area contributed by atoms with Gasteiger partial charge in [-0.3, -0.25) is 4.79 Å². The number of benzene rings is 2. The zero-order valence-corrected chi connectivity index (χ0v) is 18.0. The number of nitrogens with one attached hydrogen (secondary N) is 2. The molecule has 0 atom stereocenters. The fourth-order valence-corrected chi connectivity index (χ4v) is 3.67. The molecule has 1 amide bonds. The number of nitrogens with zero attached hydrogens (tertiary/aromatic N) is 1. The number of amides is 1. The van der Waals surface area contributed by atoms with Crippen LogP contribution < -0.4 is 24.8 Å². The summed E-state index contributed by atoms with van der Waals surface area (Å²) in [6, 6.07) is 13.3. The molecule has 0 aliphatic carbocycles. The number of carbonyl (C=O) groups excluding carboxylic acids is 1. The fraction of sp³-hybridized carbons (Fsp3) is 0.273. The average molecular weight is 428 g/mol. The molecule has 2 N–H and O–H groups in total. The highest BCUT2D eigenvalue weighted by Gasteiger charge is 2.11. The summed E-state index contributed by atoms with van der Waals surface area (Å²) in [5.74, 6) is 2.15. The van der Waals surface area contributed by atoms with Gasteiger partial charge in [0.05, 0.1) is 39.1 Å². The third kappa shape index (κ3) is 5.64. The molecule has 0 saturated heterocycles. The second-order valence-electron chi connectivity index (χ2n) is 6.42. The first kappa shape index (κ1) is 21.4. The molecule has 7 nitrogen and oxygen atoms in total. The second-order valence-corrected chi connectivity index (χ2v) is 7.28. The zero-order valence-electron chi connectivity index (χ0n) is 17.2. The highest BCUT2D eigenvalue weighted by Crippen LogP contribution is 2.32. The highest BCUT2D eigenvalue weighted by atomic mass is 32.1. The van der Waals surface area contributed by atoms with Crippen LogP contribution in [0.25, 0.3) is 0 Å². The Balaban J connectivity index is 1.53. The molecule has 158 valence electrons. The molecule has 0 aliphatic heterocycles. The normalized spacial score (nSPS) is 10.4. The van der Waals surface area contributed by atoms with E-state index in [-0.39, 0.29) is 12.3 Å². The predicted molar refractivity (Wildman–Crippen MR) is 118 cm³/mol. The van der Waals surface area contributed by atoms with Gasteiger partial charge in [0.2, 0.25) is 5.91 Å². The second kappa shape index (κ2) is 10.5. The molecule has 0 saturated carbocycles. The van der Waals surface area contributed by atoms with E-state index in [1.807, 2.05) is 47.8 Å². The summed E-state index contributed by atoms with van der Waals surface area (Å²) in [6.07, 6.45) is 0.925. The lowest BCUT2D eigenvalue weighted by molar-refractivity contribution is -0.120. The lowest BCUT2D eigenvalue weighted by atomic mass is 10.1. The van der Waals surface area contributed by atoms with Crippen molar-refractivity contribution in [2.45, 2.75) is 12.8 Å². The Labute approximate surface area is 180 Å². The van der Waals surface area contributed by atoms with Crippen LogP contribution in [0, 0.1) is 0 Å². The van der Waals surface area contributed by atoms with E-state index in [4.69, 9.17) is 14.2 Å². The molecule has 0 spiro atoms. The first-order valence-electron chi connectivity index (χ1n) is 9.45. The fourth-order valence-electron chi connectivity index (χ4n) is 2.95. The number of thiazole rings is 1. The number of methoxy groups -OCH3 is 3. The molecule has 1 aromatic heterocycles. The molecule has 2 aromatic carbocycles. The highest BCUT2D eigenvalue weighted by molar-refractivity contribution is 7.13. The molecular formula is C22H25N3O4S. The number of aromatic nitrogens is 1. The van der Waals surface area contributed by atoms with Crippen molar-refractivity contribution in [1.29, 1.82) is 0 Å². The van der Waals surface area contributed by atoms with Gasteiger partial charge in [0.25, 0.3) is 0 Å². The largest absolute Gasteiger partial charge is 0.497 e. The van der Waals surface area contributed by atoms with Crippen molar-refractivity contribution in [1.82, 2.24) is 10.3 Å². The minimum atomic E-state index is -0.0688. The molecule has 0 aliphatic rings. The summed E-state index contributed by atoms with van der Waals surface area (Å²) in [5, 5.41) is 8.71. The number of hydrogen-bond acceptors (Lipinski definition) is 7. The van der Waals surface area contributed by atoms with Crippen molar-refractivity contribution < 1.29 is 19.0 Å². The quantitative estimate of drug-likeness (QED) is 0.512. The summed E-state index contributed by atoms with van der Waals surface area (Å²) in [7, 11) is 4.86. The van der Waals surface area contributed by atoms with Crippen LogP contribution in [0.5, 0.6) is 17.2 Å². The van der Waals surface area contributed by atoms with Gasteiger partial charge in [0, 0.05) is 18.0 Å². The maximum absolute atomic E-state index is 12.3. The van der Waals surface area contributed by atoms with Gasteiger partial charge in [-0.25, -0.2) is 4.98 Å². The van der Waals surface area contributed by atoms with Gasteiger partial charge in [0.15, 0.2) is 5.13 Å². The Hall–Kier alpha value is -3.26. The van der Waals surface area contributed by atoms with Gasteiger partial charge >= 0.3 is 0 Å². The minimum absolute atomic E-state index is 0.0688. The van der Waals surface area contributed by atoms with Crippen molar-refractivity contribution in [3.8, 4) is 17.2 Å². The van der Waals surface area contributed by atoms with Gasteiger partial charge < -0.3 is 24.8 Å². The van der Waals surface area contributed by atoms with Crippen LogP contribution in [0.4, 0.5) is 10.8 Å². The van der Waals surface area contributed by atoms with E-state index in [0.29, 0.717) is 35.3 Å². The van der Waals surface area contributed by atoms with Crippen molar-refractivity contribution in [3.63, 3.8) is 0 Å². The first-order chi connectivity index (χ1) is 14.6. The van der Waals surface area contributed by atoms with Crippen molar-refractivity contribution in [2.75, 3.05) is 33.2 Å². The Morgan fingerprint density at radius 2 is 1.83 bits per heavy atom. The minimum Gasteiger partial charge on any atom is -0.497 e. The standard InChI is InChI=1S/C22H25N3O4S/c1-27-17-8-9-20(29-3)18(13-17)25-22-24-16(14-30-22)12-21(26)23-11-10-15-6-4-5-7-19(15)28-2/h4-9,13-14H,10-12H2,1-3H3,(H,23,26)(H,24,25). The van der Waals surface area contributed by atoms with Crippen LogP contribution in [0.1, 0.15) is 11.3 Å². The molecule has 0 unspecified atom stereocenters. The number of para-hydroxylation sites is 1. The van der Waals surface area contributed by atoms with E-state index in [1.165, 1.54) is 11.3 Å². The van der Waals surface area contributed by atoms with Crippen LogP contribution >= 0.6 is 11.3 Å². The number of ether oxygens (including phenoxy) is 3. The van der Waals surface area contributed by atoms with Crippen LogP contribution in [0.15, 0.2) is 47.8 Å². The van der Waals surface area contributed by atoms with E-state index >= 15 is 0 Å². The smallest absolute Gasteiger partial charge is 0.226 e. The summed E-state index contributed by atoms with van der Waals surface area (Å²) >= 11 is 1.43. The third-order valence-corrected chi connectivity index (χ3v) is 5.26. The predicted octanol–water partition coefficient (Wildman–Crippen LogP) is 3.81. The van der Waals surface area contributed by atoms with Crippen LogP contribution in [-0.2, 0) is 17.6 Å². The molecule has 30 heavy (non-hydrogen) atoms. The Morgan fingerprint density at radius 1 is 1.03 bits per heavy atom. The van der Waals surface area contributed by atoms with Crippen molar-refractivity contribution >= 4 is 28.1 Å². The van der Waals surface area contributed by atoms with Gasteiger partial charge in [-0.05, 0) is 30.2 Å². The Bertz CT molecular complexity index is 990. The van der Waals surface area contributed by atoms with Crippen molar-refractivity contribution in [2.24, 2.45) is 0 Å². The topological polar surface area (TPSA) is 81.7 Å². The zero-order chi connectivity index (χ0) is 21.3. The Kier molecular flexibility index (Phi) is 7.51. The molecule has 0 fully saturated rings. The number of carbonyl (C=O) groups is 1. The number of hydrogen-bond donors (Lipinski definition) is 2. The summed E-state index contributed by atoms with van der Waals surface area (Å²) in [4.78, 5) is 16.8. The monoisotopic (exact) mass is 427 g/mol. The number of anilines is 2. The SMILES string of the molecule is COc1ccc(OC)c(Nc2nc(CC(=O)NCCc3ccccc3OC)cs2)c1. The van der Waals surface area contributed by atoms with E-state index in [1.54, 1.807) is 21.3 Å².